The van der Waals surface area contributed by atoms with Crippen molar-refractivity contribution in [2.45, 2.75) is 38.0 Å². The van der Waals surface area contributed by atoms with Crippen LogP contribution >= 0.6 is 0 Å². The van der Waals surface area contributed by atoms with E-state index in [2.05, 4.69) is 20.3 Å². The standard InChI is InChI=1S/C19H21F3N6O2/c1-11-17(12-6-16(29)18-15(19(20,21)22)7-23-27(18)8-12)24-25-28(11)13-2-4-26(5-3-13)14-9-30-10-14/h6-8,13-14,29H,2-5,9-10H2,1H3. The number of hydrogen-bond donors (Lipinski definition) is 1. The summed E-state index contributed by atoms with van der Waals surface area (Å²) in [5.74, 6) is -0.498. The van der Waals surface area contributed by atoms with Crippen molar-refractivity contribution in [2.24, 2.45) is 0 Å². The maximum absolute atomic E-state index is 13.1. The maximum Gasteiger partial charge on any atom is 0.420 e. The lowest BCUT2D eigenvalue weighted by Gasteiger charge is -2.41. The lowest BCUT2D eigenvalue weighted by molar-refractivity contribution is -0.136. The predicted octanol–water partition coefficient (Wildman–Crippen LogP) is 2.66. The largest absolute Gasteiger partial charge is 0.506 e. The van der Waals surface area contributed by atoms with Gasteiger partial charge in [0.2, 0.25) is 0 Å². The number of hydrogen-bond acceptors (Lipinski definition) is 6. The van der Waals surface area contributed by atoms with Gasteiger partial charge in [-0.15, -0.1) is 5.10 Å². The Bertz CT molecular complexity index is 1080. The van der Waals surface area contributed by atoms with E-state index in [9.17, 15) is 18.3 Å². The van der Waals surface area contributed by atoms with Crippen LogP contribution in [0.4, 0.5) is 13.2 Å². The normalized spacial score (nSPS) is 19.5. The third-order valence-corrected chi connectivity index (χ3v) is 6.08. The summed E-state index contributed by atoms with van der Waals surface area (Å²) in [5.41, 5.74) is 0.442. The highest BCUT2D eigenvalue weighted by Crippen LogP contribution is 2.38. The number of aromatic hydroxyl groups is 1. The SMILES string of the molecule is Cc1c(-c2cc(O)c3c(C(F)(F)F)cnn3c2)nnn1C1CCN(C2COC2)CC1. The lowest BCUT2D eigenvalue weighted by atomic mass is 10.0. The second kappa shape index (κ2) is 6.95. The number of fused-ring (bicyclic) bond motifs is 1. The molecule has 0 unspecified atom stereocenters. The van der Waals surface area contributed by atoms with Crippen molar-refractivity contribution in [3.05, 3.63) is 29.7 Å². The van der Waals surface area contributed by atoms with Gasteiger partial charge in [0.1, 0.15) is 22.5 Å². The molecule has 0 atom stereocenters. The van der Waals surface area contributed by atoms with Crippen LogP contribution in [0.25, 0.3) is 16.8 Å². The maximum atomic E-state index is 13.1. The Hall–Kier alpha value is -2.66. The van der Waals surface area contributed by atoms with Crippen LogP contribution in [0.5, 0.6) is 5.75 Å². The zero-order valence-electron chi connectivity index (χ0n) is 16.3. The number of nitrogens with zero attached hydrogens (tertiary/aromatic N) is 6. The quantitative estimate of drug-likeness (QED) is 0.699. The van der Waals surface area contributed by atoms with Crippen LogP contribution in [0, 0.1) is 6.92 Å². The summed E-state index contributed by atoms with van der Waals surface area (Å²) in [4.78, 5) is 2.44. The molecular weight excluding hydrogens is 401 g/mol. The third-order valence-electron chi connectivity index (χ3n) is 6.08. The fourth-order valence-electron chi connectivity index (χ4n) is 4.32. The monoisotopic (exact) mass is 422 g/mol. The van der Waals surface area contributed by atoms with Gasteiger partial charge in [-0.25, -0.2) is 9.20 Å². The molecule has 0 spiro atoms. The number of rotatable bonds is 3. The van der Waals surface area contributed by atoms with Crippen molar-refractivity contribution in [1.29, 1.82) is 0 Å². The number of likely N-dealkylation sites (tertiary alicyclic amines) is 1. The fraction of sp³-hybridized carbons (Fsp3) is 0.526. The van der Waals surface area contributed by atoms with Crippen LogP contribution < -0.4 is 0 Å². The van der Waals surface area contributed by atoms with Crippen molar-refractivity contribution in [2.75, 3.05) is 26.3 Å². The smallest absolute Gasteiger partial charge is 0.420 e. The summed E-state index contributed by atoms with van der Waals surface area (Å²) in [6.07, 6.45) is -0.564. The zero-order valence-corrected chi connectivity index (χ0v) is 16.3. The predicted molar refractivity (Wildman–Crippen MR) is 100 cm³/mol. The summed E-state index contributed by atoms with van der Waals surface area (Å²) >= 11 is 0. The first-order valence-electron chi connectivity index (χ1n) is 9.84. The number of ether oxygens (including phenoxy) is 1. The highest BCUT2D eigenvalue weighted by molar-refractivity contribution is 5.72. The molecule has 0 saturated carbocycles. The molecule has 5 rings (SSSR count). The van der Waals surface area contributed by atoms with Gasteiger partial charge in [0.05, 0.1) is 37.2 Å². The van der Waals surface area contributed by atoms with Gasteiger partial charge in [-0.2, -0.15) is 18.3 Å². The highest BCUT2D eigenvalue weighted by Gasteiger charge is 2.36. The first-order valence-corrected chi connectivity index (χ1v) is 9.84. The van der Waals surface area contributed by atoms with Crippen LogP contribution in [-0.4, -0.2) is 67.0 Å². The van der Waals surface area contributed by atoms with Gasteiger partial charge in [0, 0.05) is 24.8 Å². The van der Waals surface area contributed by atoms with Crippen molar-refractivity contribution in [3.63, 3.8) is 0 Å². The van der Waals surface area contributed by atoms with Crippen LogP contribution in [-0.2, 0) is 10.9 Å². The minimum Gasteiger partial charge on any atom is -0.506 e. The summed E-state index contributed by atoms with van der Waals surface area (Å²) in [7, 11) is 0. The molecule has 30 heavy (non-hydrogen) atoms. The first kappa shape index (κ1) is 19.3. The van der Waals surface area contributed by atoms with Gasteiger partial charge in [-0.1, -0.05) is 5.21 Å². The molecule has 160 valence electrons. The Morgan fingerprint density at radius 1 is 1.17 bits per heavy atom. The van der Waals surface area contributed by atoms with Gasteiger partial charge < -0.3 is 9.84 Å². The third kappa shape index (κ3) is 3.12. The molecule has 0 aliphatic carbocycles. The van der Waals surface area contributed by atoms with Crippen LogP contribution in [0.2, 0.25) is 0 Å². The highest BCUT2D eigenvalue weighted by atomic mass is 19.4. The molecule has 2 saturated heterocycles. The molecular formula is C19H21F3N6O2. The Balaban J connectivity index is 1.42. The van der Waals surface area contributed by atoms with Gasteiger partial charge >= 0.3 is 6.18 Å². The molecule has 0 radical (unpaired) electrons. The molecule has 1 N–H and O–H groups in total. The number of halogens is 3. The molecule has 11 heteroatoms. The van der Waals surface area contributed by atoms with Crippen LogP contribution in [0.1, 0.15) is 30.1 Å². The Morgan fingerprint density at radius 2 is 1.90 bits per heavy atom. The van der Waals surface area contributed by atoms with E-state index in [4.69, 9.17) is 4.74 Å². The Kier molecular flexibility index (Phi) is 4.47. The minimum absolute atomic E-state index is 0.211. The summed E-state index contributed by atoms with van der Waals surface area (Å²) < 4.78 is 47.6. The van der Waals surface area contributed by atoms with Gasteiger partial charge in [0.25, 0.3) is 0 Å². The first-order chi connectivity index (χ1) is 14.3. The molecule has 8 nitrogen and oxygen atoms in total. The van der Waals surface area contributed by atoms with E-state index in [1.165, 1.54) is 12.3 Å². The molecule has 5 heterocycles. The minimum atomic E-state index is -4.60. The number of pyridine rings is 1. The van der Waals surface area contributed by atoms with E-state index in [1.54, 1.807) is 0 Å². The van der Waals surface area contributed by atoms with Crippen molar-refractivity contribution in [1.82, 2.24) is 29.5 Å². The molecule has 0 bridgehead atoms. The average Bonchev–Trinajstić information content (AvgIpc) is 3.25. The molecule has 2 aliphatic heterocycles. The second-order valence-electron chi connectivity index (χ2n) is 7.89. The van der Waals surface area contributed by atoms with Crippen LogP contribution in [0.15, 0.2) is 18.5 Å². The number of piperidine rings is 1. The summed E-state index contributed by atoms with van der Waals surface area (Å²) in [6.45, 7) is 5.41. The van der Waals surface area contributed by atoms with E-state index in [-0.39, 0.29) is 11.6 Å². The van der Waals surface area contributed by atoms with E-state index in [1.807, 2.05) is 11.6 Å². The van der Waals surface area contributed by atoms with Crippen LogP contribution in [0.3, 0.4) is 0 Å². The van der Waals surface area contributed by atoms with Gasteiger partial charge in [-0.05, 0) is 25.8 Å². The number of alkyl halides is 3. The van der Waals surface area contributed by atoms with Crippen molar-refractivity contribution >= 4 is 5.52 Å². The number of aromatic nitrogens is 5. The average molecular weight is 422 g/mol. The molecule has 0 aromatic carbocycles. The molecule has 0 amide bonds. The summed E-state index contributed by atoms with van der Waals surface area (Å²) in [6, 6.07) is 2.01. The van der Waals surface area contributed by atoms with E-state index in [0.717, 1.165) is 49.4 Å². The second-order valence-corrected chi connectivity index (χ2v) is 7.89. The molecule has 3 aromatic rings. The fourth-order valence-corrected chi connectivity index (χ4v) is 4.32. The van der Waals surface area contributed by atoms with E-state index in [0.29, 0.717) is 23.5 Å². The topological polar surface area (TPSA) is 80.7 Å². The van der Waals surface area contributed by atoms with E-state index >= 15 is 0 Å². The van der Waals surface area contributed by atoms with E-state index < -0.39 is 17.5 Å². The van der Waals surface area contributed by atoms with Gasteiger partial charge in [0.15, 0.2) is 0 Å². The summed E-state index contributed by atoms with van der Waals surface area (Å²) in [5, 5.41) is 22.6. The molecule has 2 fully saturated rings. The van der Waals surface area contributed by atoms with Crippen molar-refractivity contribution in [3.8, 4) is 17.0 Å². The van der Waals surface area contributed by atoms with Gasteiger partial charge in [-0.3, -0.25) is 4.90 Å². The Morgan fingerprint density at radius 3 is 2.53 bits per heavy atom. The Labute approximate surface area is 169 Å². The molecule has 2 aliphatic rings. The zero-order chi connectivity index (χ0) is 21.0. The van der Waals surface area contributed by atoms with Crippen molar-refractivity contribution < 1.29 is 23.0 Å². The lowest BCUT2D eigenvalue weighted by Crippen LogP contribution is -2.52. The molecule has 3 aromatic heterocycles.